The van der Waals surface area contributed by atoms with Gasteiger partial charge in [-0.05, 0) is 38.1 Å². The van der Waals surface area contributed by atoms with E-state index in [1.165, 1.54) is 38.3 Å². The summed E-state index contributed by atoms with van der Waals surface area (Å²) in [4.78, 5) is 62.1. The molecular formula is C27H30N2O8S2. The highest BCUT2D eigenvalue weighted by atomic mass is 32.2. The highest BCUT2D eigenvalue weighted by molar-refractivity contribution is 8.14. The smallest absolute Gasteiger partial charge is 0.347 e. The van der Waals surface area contributed by atoms with E-state index < -0.39 is 41.0 Å². The molecule has 0 fully saturated rings. The first-order valence-electron chi connectivity index (χ1n) is 11.8. The van der Waals surface area contributed by atoms with Crippen LogP contribution in [0.2, 0.25) is 0 Å². The molecule has 2 atom stereocenters. The normalized spacial score (nSPS) is 12.5. The van der Waals surface area contributed by atoms with Gasteiger partial charge in [-0.25, -0.2) is 14.4 Å². The number of carbonyl (C=O) groups excluding carboxylic acids is 5. The average Bonchev–Trinajstić information content (AvgIpc) is 2.93. The molecule has 0 spiro atoms. The van der Waals surface area contributed by atoms with Crippen molar-refractivity contribution in [2.24, 2.45) is 0 Å². The Bertz CT molecular complexity index is 1250. The first-order valence-corrected chi connectivity index (χ1v) is 13.4. The minimum Gasteiger partial charge on any atom is -0.467 e. The number of ether oxygens (including phenoxy) is 3. The molecule has 2 unspecified atom stereocenters. The molecule has 10 nitrogen and oxygen atoms in total. The number of methoxy groups -OCH3 is 1. The summed E-state index contributed by atoms with van der Waals surface area (Å²) >= 11 is 4.95. The Balaban J connectivity index is 2.20. The molecule has 2 rings (SSSR count). The Hall–Kier alpha value is -3.77. The van der Waals surface area contributed by atoms with Gasteiger partial charge >= 0.3 is 17.9 Å². The maximum atomic E-state index is 13.1. The number of thiol groups is 1. The van der Waals surface area contributed by atoms with Crippen molar-refractivity contribution >= 4 is 53.3 Å². The first-order chi connectivity index (χ1) is 18.6. The lowest BCUT2D eigenvalue weighted by Crippen LogP contribution is -2.42. The largest absolute Gasteiger partial charge is 0.467 e. The van der Waals surface area contributed by atoms with E-state index in [0.717, 1.165) is 17.5 Å². The summed E-state index contributed by atoms with van der Waals surface area (Å²) in [5.74, 6) is -2.65. The molecule has 0 aliphatic carbocycles. The molecule has 208 valence electrons. The number of para-hydroxylation sites is 2. The van der Waals surface area contributed by atoms with E-state index in [1.54, 1.807) is 37.3 Å². The fraction of sp³-hybridized carbons (Fsp3) is 0.296. The number of amides is 1. The Morgan fingerprint density at radius 2 is 1.46 bits per heavy atom. The summed E-state index contributed by atoms with van der Waals surface area (Å²) in [6.45, 7) is 4.85. The molecule has 2 aromatic rings. The number of esters is 3. The topological polar surface area (TPSA) is 137 Å². The van der Waals surface area contributed by atoms with Crippen molar-refractivity contribution in [2.45, 2.75) is 32.9 Å². The van der Waals surface area contributed by atoms with Gasteiger partial charge < -0.3 is 24.8 Å². The molecular weight excluding hydrogens is 544 g/mol. The van der Waals surface area contributed by atoms with Crippen LogP contribution in [0.1, 0.15) is 41.5 Å². The van der Waals surface area contributed by atoms with Gasteiger partial charge in [-0.15, -0.1) is 0 Å². The molecule has 0 bridgehead atoms. The summed E-state index contributed by atoms with van der Waals surface area (Å²) in [5.41, 5.74) is 0.795. The highest BCUT2D eigenvalue weighted by Gasteiger charge is 2.25. The van der Waals surface area contributed by atoms with Gasteiger partial charge in [0, 0.05) is 24.1 Å². The van der Waals surface area contributed by atoms with Gasteiger partial charge in [0.25, 0.3) is 0 Å². The van der Waals surface area contributed by atoms with Crippen LogP contribution in [0, 0.1) is 0 Å². The fourth-order valence-corrected chi connectivity index (χ4v) is 4.22. The standard InChI is InChI=1S/C27H30N2O8S2/c1-5-16(2)28-20(14-38)26(33)37-22-12-8-6-10-18(22)24(31)36-23-13-9-7-11-19(23)27(34)39-15-21(25(32)35-4)29-17(3)30/h5-13,20-21,28,38H,14-15H2,1-4H3,(H,29,30)/b16-5-. The molecule has 0 aromatic heterocycles. The number of hydrogen-bond donors (Lipinski definition) is 3. The van der Waals surface area contributed by atoms with Crippen LogP contribution in [0.15, 0.2) is 60.3 Å². The second kappa shape index (κ2) is 15.6. The summed E-state index contributed by atoms with van der Waals surface area (Å²) in [6.07, 6.45) is 1.79. The van der Waals surface area contributed by atoms with Crippen LogP contribution >= 0.6 is 24.4 Å². The zero-order chi connectivity index (χ0) is 28.9. The number of nitrogens with one attached hydrogen (secondary N) is 2. The van der Waals surface area contributed by atoms with Gasteiger partial charge in [0.2, 0.25) is 11.0 Å². The van der Waals surface area contributed by atoms with Crippen LogP contribution in [0.25, 0.3) is 0 Å². The maximum absolute atomic E-state index is 13.1. The monoisotopic (exact) mass is 574 g/mol. The molecule has 0 saturated carbocycles. The third kappa shape index (κ3) is 9.48. The Kier molecular flexibility index (Phi) is 12.6. The van der Waals surface area contributed by atoms with E-state index in [4.69, 9.17) is 9.47 Å². The number of carbonyl (C=O) groups is 5. The minimum absolute atomic E-state index is 0.0198. The van der Waals surface area contributed by atoms with E-state index in [0.29, 0.717) is 0 Å². The molecule has 2 aromatic carbocycles. The van der Waals surface area contributed by atoms with Gasteiger partial charge in [-0.1, -0.05) is 42.1 Å². The first kappa shape index (κ1) is 31.4. The third-order valence-corrected chi connectivity index (χ3v) is 6.52. The number of thioether (sulfide) groups is 1. The van der Waals surface area contributed by atoms with Crippen molar-refractivity contribution in [1.29, 1.82) is 0 Å². The van der Waals surface area contributed by atoms with Crippen LogP contribution in [-0.2, 0) is 19.1 Å². The van der Waals surface area contributed by atoms with Crippen molar-refractivity contribution in [1.82, 2.24) is 10.6 Å². The molecule has 2 N–H and O–H groups in total. The van der Waals surface area contributed by atoms with E-state index in [2.05, 4.69) is 28.0 Å². The lowest BCUT2D eigenvalue weighted by Gasteiger charge is -2.18. The predicted molar refractivity (Wildman–Crippen MR) is 150 cm³/mol. The van der Waals surface area contributed by atoms with Crippen LogP contribution in [0.3, 0.4) is 0 Å². The number of rotatable bonds is 12. The van der Waals surface area contributed by atoms with Gasteiger partial charge in [0.05, 0.1) is 12.7 Å². The molecule has 0 aliphatic heterocycles. The van der Waals surface area contributed by atoms with Crippen LogP contribution in [0.4, 0.5) is 0 Å². The molecule has 0 aliphatic rings. The van der Waals surface area contributed by atoms with Gasteiger partial charge in [-0.2, -0.15) is 12.6 Å². The van der Waals surface area contributed by atoms with Crippen molar-refractivity contribution in [2.75, 3.05) is 18.6 Å². The van der Waals surface area contributed by atoms with Crippen LogP contribution in [-0.4, -0.2) is 59.6 Å². The van der Waals surface area contributed by atoms with Crippen LogP contribution < -0.4 is 20.1 Å². The van der Waals surface area contributed by atoms with Crippen molar-refractivity contribution < 1.29 is 38.2 Å². The number of benzene rings is 2. The third-order valence-electron chi connectivity index (χ3n) is 5.17. The van der Waals surface area contributed by atoms with E-state index >= 15 is 0 Å². The summed E-state index contributed by atoms with van der Waals surface area (Å²) in [6, 6.07) is 10.3. The lowest BCUT2D eigenvalue weighted by molar-refractivity contribution is -0.144. The minimum atomic E-state index is -1.04. The van der Waals surface area contributed by atoms with Gasteiger partial charge in [-0.3, -0.25) is 9.59 Å². The molecule has 1 amide bonds. The van der Waals surface area contributed by atoms with E-state index in [9.17, 15) is 24.0 Å². The van der Waals surface area contributed by atoms with Crippen molar-refractivity contribution in [3.63, 3.8) is 0 Å². The van der Waals surface area contributed by atoms with Crippen molar-refractivity contribution in [3.8, 4) is 11.5 Å². The van der Waals surface area contributed by atoms with Crippen LogP contribution in [0.5, 0.6) is 11.5 Å². The fourth-order valence-electron chi connectivity index (χ4n) is 3.11. The highest BCUT2D eigenvalue weighted by Crippen LogP contribution is 2.27. The molecule has 12 heteroatoms. The lowest BCUT2D eigenvalue weighted by atomic mass is 10.2. The SMILES string of the molecule is C/C=C(/C)NC(CS)C(=O)Oc1ccccc1C(=O)Oc1ccccc1C(=O)SCC(NC(C)=O)C(=O)OC. The summed E-state index contributed by atoms with van der Waals surface area (Å²) < 4.78 is 15.7. The molecule has 0 heterocycles. The van der Waals surface area contributed by atoms with Crippen molar-refractivity contribution in [3.05, 3.63) is 71.4 Å². The average molecular weight is 575 g/mol. The Morgan fingerprint density at radius 1 is 0.872 bits per heavy atom. The molecule has 0 radical (unpaired) electrons. The number of allylic oxidation sites excluding steroid dienone is 2. The Morgan fingerprint density at radius 3 is 2.03 bits per heavy atom. The second-order valence-electron chi connectivity index (χ2n) is 8.03. The zero-order valence-corrected chi connectivity index (χ0v) is 23.6. The maximum Gasteiger partial charge on any atom is 0.347 e. The number of hydrogen-bond acceptors (Lipinski definition) is 11. The zero-order valence-electron chi connectivity index (χ0n) is 21.9. The Labute approximate surface area is 236 Å². The van der Waals surface area contributed by atoms with Gasteiger partial charge in [0.1, 0.15) is 29.1 Å². The van der Waals surface area contributed by atoms with Gasteiger partial charge in [0.15, 0.2) is 0 Å². The molecule has 0 saturated heterocycles. The quantitative estimate of drug-likeness (QED) is 0.197. The van der Waals surface area contributed by atoms with E-state index in [-0.39, 0.29) is 34.1 Å². The predicted octanol–water partition coefficient (Wildman–Crippen LogP) is 3.17. The summed E-state index contributed by atoms with van der Waals surface area (Å²) in [7, 11) is 1.17. The second-order valence-corrected chi connectivity index (χ2v) is 9.39. The summed E-state index contributed by atoms with van der Waals surface area (Å²) in [5, 5.41) is 4.91. The molecule has 39 heavy (non-hydrogen) atoms. The van der Waals surface area contributed by atoms with E-state index in [1.807, 2.05) is 6.92 Å².